The van der Waals surface area contributed by atoms with Crippen LogP contribution in [-0.4, -0.2) is 9.13 Å². The first-order valence-electron chi connectivity index (χ1n) is 21.3. The molecule has 0 spiro atoms. The van der Waals surface area contributed by atoms with Crippen LogP contribution in [0.2, 0.25) is 0 Å². The molecular formula is C54H56I2N4. The summed E-state index contributed by atoms with van der Waals surface area (Å²) in [5.74, 6) is 0. The zero-order valence-electron chi connectivity index (χ0n) is 34.5. The van der Waals surface area contributed by atoms with Crippen LogP contribution in [0.4, 0.5) is 0 Å². The van der Waals surface area contributed by atoms with Crippen LogP contribution in [-0.2, 0) is 26.2 Å². The maximum Gasteiger partial charge on any atom is 0.169 e. The molecule has 4 aromatic heterocycles. The summed E-state index contributed by atoms with van der Waals surface area (Å²) in [7, 11) is 0. The number of aryl methyl sites for hydroxylation is 2. The van der Waals surface area contributed by atoms with E-state index in [0.29, 0.717) is 0 Å². The number of benzene rings is 4. The minimum atomic E-state index is 0. The zero-order chi connectivity index (χ0) is 39.2. The van der Waals surface area contributed by atoms with Gasteiger partial charge in [-0.15, -0.1) is 0 Å². The second-order valence-electron chi connectivity index (χ2n) is 15.7. The third-order valence-electron chi connectivity index (χ3n) is 11.4. The van der Waals surface area contributed by atoms with Gasteiger partial charge in [-0.3, -0.25) is 0 Å². The number of fused-ring (bicyclic) bond motifs is 2. The molecule has 0 atom stereocenters. The quantitative estimate of drug-likeness (QED) is 0.0505. The molecular weight excluding hydrogens is 958 g/mol. The van der Waals surface area contributed by atoms with Gasteiger partial charge in [-0.25, -0.2) is 9.13 Å². The standard InChI is InChI=1S/C54H56N4.2HI/c1(3-5-17-35-55-37-31-45(32-38-55)27-29-49-43-57(41-47-19-9-7-10-20-47)53-25-15-13-23-51(49)53)2-4-6-18-36-56-39-33-46(34-40-56)28-30-50-44-58(42-48-21-11-8-12-22-48)54-26-16-14-24-52(50)54;;/h7-16,19-34,37-40,43-44H,1-6,17-18,35-36,41-42H2;2*1H/q+2;;/p-2. The summed E-state index contributed by atoms with van der Waals surface area (Å²) in [6, 6.07) is 47.7. The van der Waals surface area contributed by atoms with Gasteiger partial charge >= 0.3 is 0 Å². The van der Waals surface area contributed by atoms with Gasteiger partial charge in [0, 0.05) is 95.5 Å². The summed E-state index contributed by atoms with van der Waals surface area (Å²) in [6.45, 7) is 3.92. The molecule has 8 rings (SSSR count). The van der Waals surface area contributed by atoms with E-state index in [9.17, 15) is 0 Å². The van der Waals surface area contributed by atoms with Crippen molar-refractivity contribution >= 4 is 46.1 Å². The highest BCUT2D eigenvalue weighted by atomic mass is 127. The number of aromatic nitrogens is 4. The monoisotopic (exact) mass is 1010 g/mol. The fourth-order valence-corrected chi connectivity index (χ4v) is 8.12. The van der Waals surface area contributed by atoms with Crippen molar-refractivity contribution in [2.24, 2.45) is 0 Å². The Balaban J connectivity index is 0.00000302. The van der Waals surface area contributed by atoms with E-state index in [-0.39, 0.29) is 48.0 Å². The van der Waals surface area contributed by atoms with Crippen LogP contribution in [0.5, 0.6) is 0 Å². The van der Waals surface area contributed by atoms with E-state index in [1.165, 1.54) is 107 Å². The Hall–Kier alpha value is -4.80. The minimum absolute atomic E-state index is 0. The van der Waals surface area contributed by atoms with Crippen LogP contribution < -0.4 is 57.1 Å². The van der Waals surface area contributed by atoms with Crippen molar-refractivity contribution in [3.63, 3.8) is 0 Å². The van der Waals surface area contributed by atoms with Gasteiger partial charge in [-0.1, -0.05) is 147 Å². The molecule has 0 aliphatic carbocycles. The molecule has 6 heteroatoms. The Labute approximate surface area is 391 Å². The molecule has 4 heterocycles. The molecule has 0 amide bonds. The van der Waals surface area contributed by atoms with Crippen LogP contribution in [0, 0.1) is 0 Å². The van der Waals surface area contributed by atoms with E-state index in [0.717, 1.165) is 26.2 Å². The number of nitrogens with zero attached hydrogens (tertiary/aromatic N) is 4. The van der Waals surface area contributed by atoms with Crippen molar-refractivity contribution in [2.75, 3.05) is 0 Å². The van der Waals surface area contributed by atoms with E-state index >= 15 is 0 Å². The van der Waals surface area contributed by atoms with E-state index in [2.05, 4.69) is 213 Å². The third kappa shape index (κ3) is 12.4. The molecule has 4 aromatic carbocycles. The first-order valence-corrected chi connectivity index (χ1v) is 21.3. The van der Waals surface area contributed by atoms with Gasteiger partial charge in [0.2, 0.25) is 0 Å². The highest BCUT2D eigenvalue weighted by Gasteiger charge is 2.09. The van der Waals surface area contributed by atoms with Crippen molar-refractivity contribution in [3.8, 4) is 0 Å². The highest BCUT2D eigenvalue weighted by molar-refractivity contribution is 5.93. The maximum atomic E-state index is 2.36. The summed E-state index contributed by atoms with van der Waals surface area (Å²) in [4.78, 5) is 0. The largest absolute Gasteiger partial charge is 1.00 e. The predicted octanol–water partition coefficient (Wildman–Crippen LogP) is 6.44. The summed E-state index contributed by atoms with van der Waals surface area (Å²) >= 11 is 0. The number of pyridine rings is 2. The molecule has 0 radical (unpaired) electrons. The minimum Gasteiger partial charge on any atom is -1.00 e. The molecule has 0 fully saturated rings. The molecule has 0 aliphatic heterocycles. The summed E-state index contributed by atoms with van der Waals surface area (Å²) in [5.41, 5.74) is 10.2. The van der Waals surface area contributed by atoms with Crippen LogP contribution >= 0.6 is 0 Å². The topological polar surface area (TPSA) is 17.6 Å². The number of para-hydroxylation sites is 2. The predicted molar refractivity (Wildman–Crippen MR) is 243 cm³/mol. The Bertz CT molecular complexity index is 2370. The molecule has 0 aliphatic rings. The molecule has 306 valence electrons. The summed E-state index contributed by atoms with van der Waals surface area (Å²) in [5, 5.41) is 2.59. The van der Waals surface area contributed by atoms with Gasteiger partial charge in [-0.05, 0) is 47.2 Å². The van der Waals surface area contributed by atoms with Gasteiger partial charge in [0.1, 0.15) is 13.1 Å². The number of unbranched alkanes of at least 4 members (excludes halogenated alkanes) is 7. The molecule has 0 bridgehead atoms. The second-order valence-corrected chi connectivity index (χ2v) is 15.7. The van der Waals surface area contributed by atoms with Gasteiger partial charge in [0.05, 0.1) is 0 Å². The number of rotatable bonds is 19. The Kier molecular flexibility index (Phi) is 17.4. The molecule has 60 heavy (non-hydrogen) atoms. The number of hydrogen-bond acceptors (Lipinski definition) is 0. The normalized spacial score (nSPS) is 11.4. The molecule has 0 saturated heterocycles. The Morgan fingerprint density at radius 2 is 0.717 bits per heavy atom. The SMILES string of the molecule is C(=C\c1cn(Cc2ccccc2)c2ccccc12)/c1cc[n+](CCCCCCCCCC[n+]2ccc(/C=C/c3cn(Cc4ccccc4)c4ccccc34)cc2)cc1.[I-].[I-]. The van der Waals surface area contributed by atoms with Crippen LogP contribution in [0.25, 0.3) is 46.1 Å². The smallest absolute Gasteiger partial charge is 0.169 e. The van der Waals surface area contributed by atoms with Crippen molar-refractivity contribution in [2.45, 2.75) is 77.5 Å². The number of hydrogen-bond donors (Lipinski definition) is 0. The third-order valence-corrected chi connectivity index (χ3v) is 11.4. The Morgan fingerprint density at radius 1 is 0.367 bits per heavy atom. The molecule has 0 N–H and O–H groups in total. The zero-order valence-corrected chi connectivity index (χ0v) is 38.8. The maximum absolute atomic E-state index is 2.36. The summed E-state index contributed by atoms with van der Waals surface area (Å²) in [6.07, 6.45) is 32.9. The number of halogens is 2. The lowest BCUT2D eigenvalue weighted by atomic mass is 10.1. The van der Waals surface area contributed by atoms with Crippen molar-refractivity contribution in [3.05, 3.63) is 204 Å². The van der Waals surface area contributed by atoms with E-state index < -0.39 is 0 Å². The lowest BCUT2D eigenvalue weighted by Gasteiger charge is -2.05. The van der Waals surface area contributed by atoms with Gasteiger partial charge in [0.15, 0.2) is 24.8 Å². The van der Waals surface area contributed by atoms with Crippen LogP contribution in [0.1, 0.15) is 84.7 Å². The lowest BCUT2D eigenvalue weighted by Crippen LogP contribution is -3.00. The average Bonchev–Trinajstić information content (AvgIpc) is 3.81. The fourth-order valence-electron chi connectivity index (χ4n) is 8.12. The second kappa shape index (κ2) is 23.3. The van der Waals surface area contributed by atoms with E-state index in [1.807, 2.05) is 0 Å². The van der Waals surface area contributed by atoms with Crippen molar-refractivity contribution in [1.29, 1.82) is 0 Å². The van der Waals surface area contributed by atoms with E-state index in [1.54, 1.807) is 0 Å². The van der Waals surface area contributed by atoms with Gasteiger partial charge in [0.25, 0.3) is 0 Å². The highest BCUT2D eigenvalue weighted by Crippen LogP contribution is 2.26. The molecule has 0 unspecified atom stereocenters. The van der Waals surface area contributed by atoms with Crippen LogP contribution in [0.3, 0.4) is 0 Å². The first-order chi connectivity index (χ1) is 28.7. The Morgan fingerprint density at radius 3 is 1.12 bits per heavy atom. The van der Waals surface area contributed by atoms with Gasteiger partial charge < -0.3 is 57.1 Å². The molecule has 8 aromatic rings. The molecule has 4 nitrogen and oxygen atoms in total. The first kappa shape index (κ1) is 44.7. The van der Waals surface area contributed by atoms with Crippen LogP contribution in [0.15, 0.2) is 171 Å². The molecule has 0 saturated carbocycles. The summed E-state index contributed by atoms with van der Waals surface area (Å²) < 4.78 is 9.38. The van der Waals surface area contributed by atoms with Gasteiger partial charge in [-0.2, -0.15) is 0 Å². The average molecular weight is 1010 g/mol. The van der Waals surface area contributed by atoms with Crippen molar-refractivity contribution in [1.82, 2.24) is 9.13 Å². The lowest BCUT2D eigenvalue weighted by molar-refractivity contribution is -0.697. The fraction of sp³-hybridized carbons (Fsp3) is 0.222. The van der Waals surface area contributed by atoms with E-state index in [4.69, 9.17) is 0 Å². The van der Waals surface area contributed by atoms with Crippen molar-refractivity contribution < 1.29 is 57.1 Å².